The van der Waals surface area contributed by atoms with Gasteiger partial charge in [-0.2, -0.15) is 11.8 Å². The maximum Gasteiger partial charge on any atom is 0.126 e. The molecule has 3 heteroatoms. The smallest absolute Gasteiger partial charge is 0.126 e. The van der Waals surface area contributed by atoms with Crippen LogP contribution in [0, 0.1) is 0 Å². The quantitative estimate of drug-likeness (QED) is 0.714. The van der Waals surface area contributed by atoms with Crippen LogP contribution in [0.1, 0.15) is 25.7 Å². The molecule has 1 N–H and O–H groups in total. The number of benzene rings is 1. The number of rotatable bonds is 8. The summed E-state index contributed by atoms with van der Waals surface area (Å²) in [4.78, 5) is 4.61. The maximum absolute atomic E-state index is 4.61. The van der Waals surface area contributed by atoms with Gasteiger partial charge in [-0.3, -0.25) is 0 Å². The zero-order valence-electron chi connectivity index (χ0n) is 11.6. The molecule has 0 aliphatic heterocycles. The molecule has 0 aliphatic rings. The predicted octanol–water partition coefficient (Wildman–Crippen LogP) is 4.57. The first-order valence-electron chi connectivity index (χ1n) is 6.99. The number of thioether (sulfide) groups is 1. The molecule has 2 rings (SSSR count). The third-order valence-corrected chi connectivity index (χ3v) is 3.88. The van der Waals surface area contributed by atoms with E-state index in [2.05, 4.69) is 40.8 Å². The van der Waals surface area contributed by atoms with E-state index in [0.717, 1.165) is 17.9 Å². The molecule has 0 saturated heterocycles. The number of fused-ring (bicyclic) bond motifs is 1. The lowest BCUT2D eigenvalue weighted by atomic mass is 10.2. The number of nitrogens with one attached hydrogen (secondary N) is 1. The lowest BCUT2D eigenvalue weighted by molar-refractivity contribution is 0.688. The molecule has 1 aromatic heterocycles. The molecule has 0 bridgehead atoms. The van der Waals surface area contributed by atoms with Crippen molar-refractivity contribution in [1.82, 2.24) is 4.98 Å². The first-order chi connectivity index (χ1) is 9.40. The monoisotopic (exact) mass is 274 g/mol. The van der Waals surface area contributed by atoms with Gasteiger partial charge in [-0.15, -0.1) is 0 Å². The fourth-order valence-corrected chi connectivity index (χ4v) is 2.60. The highest BCUT2D eigenvalue weighted by atomic mass is 32.2. The number of hydrogen-bond acceptors (Lipinski definition) is 3. The fourth-order valence-electron chi connectivity index (χ4n) is 2.11. The Bertz CT molecular complexity index is 499. The van der Waals surface area contributed by atoms with Gasteiger partial charge in [0.05, 0.1) is 5.52 Å². The number of para-hydroxylation sites is 1. The summed E-state index contributed by atoms with van der Waals surface area (Å²) in [6, 6.07) is 12.4. The third kappa shape index (κ3) is 4.75. The van der Waals surface area contributed by atoms with E-state index < -0.39 is 0 Å². The topological polar surface area (TPSA) is 24.9 Å². The molecule has 0 spiro atoms. The zero-order valence-corrected chi connectivity index (χ0v) is 12.4. The van der Waals surface area contributed by atoms with Gasteiger partial charge in [0.2, 0.25) is 0 Å². The summed E-state index contributed by atoms with van der Waals surface area (Å²) in [5.74, 6) is 2.28. The summed E-state index contributed by atoms with van der Waals surface area (Å²) in [7, 11) is 0. The van der Waals surface area contributed by atoms with Gasteiger partial charge in [-0.05, 0) is 43.0 Å². The van der Waals surface area contributed by atoms with E-state index in [1.165, 1.54) is 36.8 Å². The molecule has 0 atom stereocenters. The molecule has 1 heterocycles. The number of pyridine rings is 1. The summed E-state index contributed by atoms with van der Waals surface area (Å²) in [5, 5.41) is 4.61. The Kier molecular flexibility index (Phi) is 6.02. The van der Waals surface area contributed by atoms with Crippen LogP contribution in [0.3, 0.4) is 0 Å². The minimum Gasteiger partial charge on any atom is -0.370 e. The van der Waals surface area contributed by atoms with Crippen molar-refractivity contribution in [3.05, 3.63) is 36.4 Å². The maximum atomic E-state index is 4.61. The molecular weight excluding hydrogens is 252 g/mol. The molecule has 2 nitrogen and oxygen atoms in total. The largest absolute Gasteiger partial charge is 0.370 e. The van der Waals surface area contributed by atoms with Crippen LogP contribution >= 0.6 is 11.8 Å². The van der Waals surface area contributed by atoms with Crippen molar-refractivity contribution < 1.29 is 0 Å². The fraction of sp³-hybridized carbons (Fsp3) is 0.438. The van der Waals surface area contributed by atoms with Crippen LogP contribution in [0.5, 0.6) is 0 Å². The highest BCUT2D eigenvalue weighted by Gasteiger charge is 1.97. The number of hydrogen-bond donors (Lipinski definition) is 1. The van der Waals surface area contributed by atoms with Crippen molar-refractivity contribution in [2.45, 2.75) is 25.7 Å². The normalized spacial score (nSPS) is 10.8. The Balaban J connectivity index is 1.72. The summed E-state index contributed by atoms with van der Waals surface area (Å²) in [6.07, 6.45) is 7.39. The Labute approximate surface area is 120 Å². The van der Waals surface area contributed by atoms with E-state index in [0.29, 0.717) is 0 Å². The van der Waals surface area contributed by atoms with Crippen molar-refractivity contribution in [1.29, 1.82) is 0 Å². The van der Waals surface area contributed by atoms with Crippen molar-refractivity contribution in [2.24, 2.45) is 0 Å². The number of nitrogens with zero attached hydrogens (tertiary/aromatic N) is 1. The van der Waals surface area contributed by atoms with Gasteiger partial charge in [0, 0.05) is 11.9 Å². The van der Waals surface area contributed by atoms with Crippen LogP contribution in [0.2, 0.25) is 0 Å². The van der Waals surface area contributed by atoms with E-state index in [1.54, 1.807) is 0 Å². The zero-order chi connectivity index (χ0) is 13.3. The van der Waals surface area contributed by atoms with Crippen LogP contribution in [0.25, 0.3) is 10.9 Å². The summed E-state index contributed by atoms with van der Waals surface area (Å²) in [5.41, 5.74) is 1.06. The lowest BCUT2D eigenvalue weighted by Gasteiger charge is -2.06. The van der Waals surface area contributed by atoms with Crippen LogP contribution in [-0.2, 0) is 0 Å². The molecule has 0 aliphatic carbocycles. The lowest BCUT2D eigenvalue weighted by Crippen LogP contribution is -2.03. The van der Waals surface area contributed by atoms with Gasteiger partial charge in [0.1, 0.15) is 5.82 Å². The summed E-state index contributed by atoms with van der Waals surface area (Å²) in [6.45, 7) is 1.02. The standard InChI is InChI=1S/C16H22N2S/c1-19-13-7-3-2-6-12-17-16-11-10-14-8-4-5-9-15(14)18-16/h4-5,8-11H,2-3,6-7,12-13H2,1H3,(H,17,18). The van der Waals surface area contributed by atoms with Crippen LogP contribution in [0.4, 0.5) is 5.82 Å². The Hall–Kier alpha value is -1.22. The number of aromatic nitrogens is 1. The average molecular weight is 274 g/mol. The molecule has 2 aromatic rings. The SMILES string of the molecule is CSCCCCCCNc1ccc2ccccc2n1. The second kappa shape index (κ2) is 8.05. The summed E-state index contributed by atoms with van der Waals surface area (Å²) >= 11 is 1.94. The molecule has 19 heavy (non-hydrogen) atoms. The van der Waals surface area contributed by atoms with Crippen molar-refractivity contribution in [3.63, 3.8) is 0 Å². The highest BCUT2D eigenvalue weighted by Crippen LogP contribution is 2.14. The van der Waals surface area contributed by atoms with Gasteiger partial charge in [-0.25, -0.2) is 4.98 Å². The van der Waals surface area contributed by atoms with Gasteiger partial charge in [0.15, 0.2) is 0 Å². The second-order valence-corrected chi connectivity index (χ2v) is 5.71. The molecule has 0 saturated carbocycles. The molecular formula is C16H22N2S. The molecule has 0 amide bonds. The Morgan fingerprint density at radius 2 is 1.84 bits per heavy atom. The van der Waals surface area contributed by atoms with Crippen LogP contribution in [-0.4, -0.2) is 23.5 Å². The summed E-state index contributed by atoms with van der Waals surface area (Å²) < 4.78 is 0. The number of anilines is 1. The van der Waals surface area contributed by atoms with Crippen molar-refractivity contribution in [3.8, 4) is 0 Å². The van der Waals surface area contributed by atoms with E-state index in [9.17, 15) is 0 Å². The minimum atomic E-state index is 0.989. The van der Waals surface area contributed by atoms with E-state index in [4.69, 9.17) is 0 Å². The van der Waals surface area contributed by atoms with Gasteiger partial charge < -0.3 is 5.32 Å². The van der Waals surface area contributed by atoms with E-state index in [-0.39, 0.29) is 0 Å². The highest BCUT2D eigenvalue weighted by molar-refractivity contribution is 7.98. The van der Waals surface area contributed by atoms with Gasteiger partial charge in [0.25, 0.3) is 0 Å². The van der Waals surface area contributed by atoms with Gasteiger partial charge >= 0.3 is 0 Å². The van der Waals surface area contributed by atoms with Crippen molar-refractivity contribution >= 4 is 28.5 Å². The van der Waals surface area contributed by atoms with Crippen LogP contribution in [0.15, 0.2) is 36.4 Å². The average Bonchev–Trinajstić information content (AvgIpc) is 2.46. The Morgan fingerprint density at radius 1 is 1.00 bits per heavy atom. The van der Waals surface area contributed by atoms with Crippen molar-refractivity contribution in [2.75, 3.05) is 23.9 Å². The first kappa shape index (κ1) is 14.2. The Morgan fingerprint density at radius 3 is 2.74 bits per heavy atom. The second-order valence-electron chi connectivity index (χ2n) is 4.72. The minimum absolute atomic E-state index is 0.989. The molecule has 1 aromatic carbocycles. The number of unbranched alkanes of at least 4 members (excludes halogenated alkanes) is 3. The van der Waals surface area contributed by atoms with Gasteiger partial charge in [-0.1, -0.05) is 31.0 Å². The van der Waals surface area contributed by atoms with Crippen LogP contribution < -0.4 is 5.32 Å². The molecule has 0 unspecified atom stereocenters. The van der Waals surface area contributed by atoms with E-state index in [1.807, 2.05) is 23.9 Å². The third-order valence-electron chi connectivity index (χ3n) is 3.18. The van der Waals surface area contributed by atoms with E-state index >= 15 is 0 Å². The first-order valence-corrected chi connectivity index (χ1v) is 8.38. The molecule has 0 radical (unpaired) electrons. The molecule has 102 valence electrons. The predicted molar refractivity (Wildman–Crippen MR) is 87.1 cm³/mol. The molecule has 0 fully saturated rings.